The van der Waals surface area contributed by atoms with Gasteiger partial charge in [-0.05, 0) is 55.3 Å². The summed E-state index contributed by atoms with van der Waals surface area (Å²) < 4.78 is 6.04. The highest BCUT2D eigenvalue weighted by atomic mass is 79.9. The second-order valence-electron chi connectivity index (χ2n) is 4.56. The van der Waals surface area contributed by atoms with Crippen LogP contribution in [0.5, 0.6) is 0 Å². The Morgan fingerprint density at radius 3 is 2.56 bits per heavy atom. The van der Waals surface area contributed by atoms with Crippen molar-refractivity contribution in [3.8, 4) is 0 Å². The van der Waals surface area contributed by atoms with Gasteiger partial charge in [0.15, 0.2) is 0 Å². The first-order valence-electron chi connectivity index (χ1n) is 5.05. The zero-order valence-electron chi connectivity index (χ0n) is 9.93. The van der Waals surface area contributed by atoms with E-state index in [0.717, 1.165) is 10.0 Å². The second-order valence-corrected chi connectivity index (χ2v) is 5.36. The summed E-state index contributed by atoms with van der Waals surface area (Å²) in [7, 11) is 0. The third kappa shape index (κ3) is 3.85. The Bertz CT molecular complexity index is 396. The molecule has 0 heterocycles. The number of nitrogens with one attached hydrogen (secondary N) is 1. The number of carbonyl (C=O) groups excluding carboxylic acids is 1. The van der Waals surface area contributed by atoms with Crippen LogP contribution < -0.4 is 5.32 Å². The summed E-state index contributed by atoms with van der Waals surface area (Å²) in [5.41, 5.74) is 1.29. The molecule has 1 aromatic rings. The van der Waals surface area contributed by atoms with Crippen molar-refractivity contribution >= 4 is 27.7 Å². The summed E-state index contributed by atoms with van der Waals surface area (Å²) >= 11 is 3.42. The average Bonchev–Trinajstić information content (AvgIpc) is 2.09. The van der Waals surface area contributed by atoms with Crippen molar-refractivity contribution < 1.29 is 9.53 Å². The molecule has 0 bridgehead atoms. The molecule has 1 N–H and O–H groups in total. The molecular formula is C12H16BrNO2. The molecular weight excluding hydrogens is 270 g/mol. The Morgan fingerprint density at radius 1 is 1.38 bits per heavy atom. The van der Waals surface area contributed by atoms with Crippen molar-refractivity contribution in [2.24, 2.45) is 0 Å². The van der Waals surface area contributed by atoms with E-state index in [-0.39, 0.29) is 0 Å². The lowest BCUT2D eigenvalue weighted by atomic mass is 10.2. The van der Waals surface area contributed by atoms with Crippen molar-refractivity contribution in [1.29, 1.82) is 0 Å². The Morgan fingerprint density at radius 2 is 2.00 bits per heavy atom. The van der Waals surface area contributed by atoms with Crippen molar-refractivity contribution in [3.05, 3.63) is 28.2 Å². The van der Waals surface area contributed by atoms with E-state index in [9.17, 15) is 4.79 Å². The molecule has 4 heteroatoms. The summed E-state index contributed by atoms with van der Waals surface area (Å²) in [6.45, 7) is 7.46. The molecule has 1 amide bonds. The highest BCUT2D eigenvalue weighted by Crippen LogP contribution is 2.26. The van der Waals surface area contributed by atoms with Gasteiger partial charge in [0.05, 0.1) is 5.69 Å². The highest BCUT2D eigenvalue weighted by molar-refractivity contribution is 9.10. The number of anilines is 1. The van der Waals surface area contributed by atoms with E-state index in [0.29, 0.717) is 5.69 Å². The Labute approximate surface area is 104 Å². The third-order valence-electron chi connectivity index (χ3n) is 1.83. The van der Waals surface area contributed by atoms with Crippen LogP contribution in [0.4, 0.5) is 10.5 Å². The van der Waals surface area contributed by atoms with Crippen LogP contribution in [0.25, 0.3) is 0 Å². The molecule has 0 fully saturated rings. The van der Waals surface area contributed by atoms with Gasteiger partial charge in [-0.2, -0.15) is 0 Å². The minimum absolute atomic E-state index is 0.446. The van der Waals surface area contributed by atoms with Gasteiger partial charge >= 0.3 is 6.09 Å². The molecule has 0 saturated heterocycles. The van der Waals surface area contributed by atoms with E-state index in [2.05, 4.69) is 21.2 Å². The van der Waals surface area contributed by atoms with Crippen molar-refractivity contribution in [2.45, 2.75) is 33.3 Å². The predicted octanol–water partition coefficient (Wildman–Crippen LogP) is 4.10. The summed E-state index contributed by atoms with van der Waals surface area (Å²) in [4.78, 5) is 11.5. The number of rotatable bonds is 1. The first-order valence-corrected chi connectivity index (χ1v) is 5.84. The van der Waals surface area contributed by atoms with Crippen LogP contribution in [-0.4, -0.2) is 11.7 Å². The number of ether oxygens (including phenoxy) is 1. The highest BCUT2D eigenvalue weighted by Gasteiger charge is 2.16. The van der Waals surface area contributed by atoms with E-state index in [1.54, 1.807) is 0 Å². The van der Waals surface area contributed by atoms with E-state index in [4.69, 9.17) is 4.74 Å². The van der Waals surface area contributed by atoms with Gasteiger partial charge in [0, 0.05) is 4.47 Å². The molecule has 0 spiro atoms. The average molecular weight is 286 g/mol. The second kappa shape index (κ2) is 4.87. The smallest absolute Gasteiger partial charge is 0.412 e. The van der Waals surface area contributed by atoms with E-state index in [1.165, 1.54) is 0 Å². The molecule has 0 aliphatic heterocycles. The SMILES string of the molecule is Cc1cccc(NC(=O)OC(C)(C)C)c1Br. The molecule has 0 atom stereocenters. The first kappa shape index (κ1) is 13.0. The predicted molar refractivity (Wildman–Crippen MR) is 68.7 cm³/mol. The minimum atomic E-state index is -0.486. The van der Waals surface area contributed by atoms with Crippen LogP contribution in [0.1, 0.15) is 26.3 Å². The fraction of sp³-hybridized carbons (Fsp3) is 0.417. The van der Waals surface area contributed by atoms with Gasteiger partial charge in [0.25, 0.3) is 0 Å². The number of benzene rings is 1. The van der Waals surface area contributed by atoms with E-state index < -0.39 is 11.7 Å². The standard InChI is InChI=1S/C12H16BrNO2/c1-8-6-5-7-9(10(8)13)14-11(15)16-12(2,3)4/h5-7H,1-4H3,(H,14,15). The monoisotopic (exact) mass is 285 g/mol. The third-order valence-corrected chi connectivity index (χ3v) is 2.88. The van der Waals surface area contributed by atoms with Crippen molar-refractivity contribution in [2.75, 3.05) is 5.32 Å². The summed E-state index contributed by atoms with van der Waals surface area (Å²) in [6, 6.07) is 5.66. The summed E-state index contributed by atoms with van der Waals surface area (Å²) in [5.74, 6) is 0. The van der Waals surface area contributed by atoms with Gasteiger partial charge < -0.3 is 4.74 Å². The molecule has 88 valence electrons. The Kier molecular flexibility index (Phi) is 3.97. The molecule has 1 aromatic carbocycles. The number of halogens is 1. The lowest BCUT2D eigenvalue weighted by Gasteiger charge is -2.20. The molecule has 0 radical (unpaired) electrons. The van der Waals surface area contributed by atoms with Crippen LogP contribution in [0.2, 0.25) is 0 Å². The quantitative estimate of drug-likeness (QED) is 0.843. The number of hydrogen-bond donors (Lipinski definition) is 1. The van der Waals surface area contributed by atoms with Gasteiger partial charge in [-0.25, -0.2) is 4.79 Å². The fourth-order valence-electron chi connectivity index (χ4n) is 1.16. The number of aryl methyl sites for hydroxylation is 1. The van der Waals surface area contributed by atoms with E-state index in [1.807, 2.05) is 45.9 Å². The van der Waals surface area contributed by atoms with Crippen molar-refractivity contribution in [1.82, 2.24) is 0 Å². The van der Waals surface area contributed by atoms with Crippen LogP contribution in [0, 0.1) is 6.92 Å². The summed E-state index contributed by atoms with van der Waals surface area (Å²) in [5, 5.41) is 2.70. The molecule has 0 aliphatic rings. The largest absolute Gasteiger partial charge is 0.444 e. The number of amides is 1. The van der Waals surface area contributed by atoms with Crippen LogP contribution >= 0.6 is 15.9 Å². The molecule has 0 aromatic heterocycles. The van der Waals surface area contributed by atoms with Gasteiger partial charge in [-0.15, -0.1) is 0 Å². The van der Waals surface area contributed by atoms with Gasteiger partial charge in [-0.3, -0.25) is 5.32 Å². The maximum absolute atomic E-state index is 11.5. The minimum Gasteiger partial charge on any atom is -0.444 e. The normalized spacial score (nSPS) is 11.1. The van der Waals surface area contributed by atoms with Crippen LogP contribution in [-0.2, 0) is 4.74 Å². The van der Waals surface area contributed by atoms with Crippen LogP contribution in [0.15, 0.2) is 22.7 Å². The lowest BCUT2D eigenvalue weighted by Crippen LogP contribution is -2.27. The Balaban J connectivity index is 2.74. The van der Waals surface area contributed by atoms with Gasteiger partial charge in [-0.1, -0.05) is 12.1 Å². The zero-order valence-corrected chi connectivity index (χ0v) is 11.5. The topological polar surface area (TPSA) is 38.3 Å². The fourth-order valence-corrected chi connectivity index (χ4v) is 1.52. The molecule has 16 heavy (non-hydrogen) atoms. The Hall–Kier alpha value is -1.03. The molecule has 0 saturated carbocycles. The number of carbonyl (C=O) groups is 1. The molecule has 0 unspecified atom stereocenters. The zero-order chi connectivity index (χ0) is 12.3. The van der Waals surface area contributed by atoms with Crippen LogP contribution in [0.3, 0.4) is 0 Å². The molecule has 3 nitrogen and oxygen atoms in total. The maximum atomic E-state index is 11.5. The van der Waals surface area contributed by atoms with E-state index >= 15 is 0 Å². The molecule has 0 aliphatic carbocycles. The maximum Gasteiger partial charge on any atom is 0.412 e. The lowest BCUT2D eigenvalue weighted by molar-refractivity contribution is 0.0636. The van der Waals surface area contributed by atoms with Gasteiger partial charge in [0.2, 0.25) is 0 Å². The van der Waals surface area contributed by atoms with Crippen molar-refractivity contribution in [3.63, 3.8) is 0 Å². The summed E-state index contributed by atoms with van der Waals surface area (Å²) in [6.07, 6.45) is -0.446. The first-order chi connectivity index (χ1) is 7.29. The van der Waals surface area contributed by atoms with Gasteiger partial charge in [0.1, 0.15) is 5.60 Å². The molecule has 1 rings (SSSR count). The number of hydrogen-bond acceptors (Lipinski definition) is 2.